The van der Waals surface area contributed by atoms with Crippen molar-refractivity contribution in [3.8, 4) is 6.07 Å². The molecule has 1 saturated heterocycles. The minimum Gasteiger partial charge on any atom is -0.339 e. The lowest BCUT2D eigenvalue weighted by Crippen LogP contribution is -2.64. The van der Waals surface area contributed by atoms with E-state index in [1.807, 2.05) is 6.07 Å². The van der Waals surface area contributed by atoms with E-state index in [0.29, 0.717) is 13.0 Å². The molecule has 7 nitrogen and oxygen atoms in total. The Balaban J connectivity index is 2.21. The van der Waals surface area contributed by atoms with E-state index >= 15 is 0 Å². The first-order valence-corrected chi connectivity index (χ1v) is 5.28. The van der Waals surface area contributed by atoms with Crippen molar-refractivity contribution in [2.24, 2.45) is 4.99 Å². The van der Waals surface area contributed by atoms with Gasteiger partial charge in [-0.2, -0.15) is 5.26 Å². The normalized spacial score (nSPS) is 27.5. The summed E-state index contributed by atoms with van der Waals surface area (Å²) in [6.45, 7) is 0.468. The zero-order chi connectivity index (χ0) is 12.6. The van der Waals surface area contributed by atoms with Gasteiger partial charge in [-0.15, -0.1) is 0 Å². The minimum atomic E-state index is -0.568. The number of carbonyl (C=O) groups is 2. The van der Waals surface area contributed by atoms with Gasteiger partial charge in [-0.1, -0.05) is 0 Å². The van der Waals surface area contributed by atoms with Crippen LogP contribution in [0, 0.1) is 11.3 Å². The molecule has 2 rings (SSSR count). The molecule has 0 radical (unpaired) electrons. The van der Waals surface area contributed by atoms with Crippen LogP contribution in [0.4, 0.5) is 4.79 Å². The van der Waals surface area contributed by atoms with E-state index in [4.69, 9.17) is 5.26 Å². The molecule has 3 amide bonds. The molecule has 2 aliphatic rings. The molecule has 90 valence electrons. The molecule has 0 spiro atoms. The molecule has 17 heavy (non-hydrogen) atoms. The van der Waals surface area contributed by atoms with E-state index in [2.05, 4.69) is 4.99 Å². The first-order valence-electron chi connectivity index (χ1n) is 5.28. The van der Waals surface area contributed by atoms with Crippen molar-refractivity contribution < 1.29 is 9.59 Å². The third kappa shape index (κ3) is 1.62. The van der Waals surface area contributed by atoms with Crippen molar-refractivity contribution >= 4 is 18.3 Å². The van der Waals surface area contributed by atoms with Crippen molar-refractivity contribution in [1.29, 1.82) is 5.26 Å². The number of fused-ring (bicyclic) bond motifs is 1. The molecule has 2 heterocycles. The van der Waals surface area contributed by atoms with E-state index in [0.717, 1.165) is 4.90 Å². The fraction of sp³-hybridized carbons (Fsp3) is 0.600. The lowest BCUT2D eigenvalue weighted by atomic mass is 10.1. The fourth-order valence-electron chi connectivity index (χ4n) is 2.12. The predicted octanol–water partition coefficient (Wildman–Crippen LogP) is -0.538. The average Bonchev–Trinajstić information content (AvgIpc) is 2.75. The second kappa shape index (κ2) is 4.05. The maximum atomic E-state index is 11.9. The van der Waals surface area contributed by atoms with Gasteiger partial charge in [0.1, 0.15) is 6.17 Å². The summed E-state index contributed by atoms with van der Waals surface area (Å²) in [5.41, 5.74) is 0. The molecule has 0 saturated carbocycles. The first-order chi connectivity index (χ1) is 8.07. The molecular weight excluding hydrogens is 222 g/mol. The van der Waals surface area contributed by atoms with Crippen LogP contribution in [-0.4, -0.2) is 65.8 Å². The number of likely N-dealkylation sites (N-methyl/N-ethyl adjacent to an activating group) is 2. The molecule has 7 heteroatoms. The molecule has 2 aliphatic heterocycles. The van der Waals surface area contributed by atoms with Crippen molar-refractivity contribution in [1.82, 2.24) is 14.7 Å². The fourth-order valence-corrected chi connectivity index (χ4v) is 2.12. The van der Waals surface area contributed by atoms with Gasteiger partial charge < -0.3 is 9.80 Å². The molecule has 0 bridgehead atoms. The number of amides is 3. The highest BCUT2D eigenvalue weighted by molar-refractivity contribution is 6.01. The van der Waals surface area contributed by atoms with Crippen LogP contribution in [-0.2, 0) is 4.79 Å². The molecule has 0 N–H and O–H groups in total. The Bertz CT molecular complexity index is 427. The van der Waals surface area contributed by atoms with E-state index < -0.39 is 6.04 Å². The number of carbonyl (C=O) groups excluding carboxylic acids is 2. The number of nitrogens with zero attached hydrogens (tertiary/aromatic N) is 5. The van der Waals surface area contributed by atoms with Crippen molar-refractivity contribution in [3.63, 3.8) is 0 Å². The maximum Gasteiger partial charge on any atom is 0.327 e. The number of aliphatic imine (C=N–C) groups is 1. The predicted molar refractivity (Wildman–Crippen MR) is 58.9 cm³/mol. The Hall–Kier alpha value is -2.10. The number of urea groups is 1. The number of hydrogen-bond acceptors (Lipinski definition) is 5. The molecule has 0 unspecified atom stereocenters. The van der Waals surface area contributed by atoms with E-state index in [9.17, 15) is 9.59 Å². The van der Waals surface area contributed by atoms with Gasteiger partial charge >= 0.3 is 6.03 Å². The van der Waals surface area contributed by atoms with E-state index in [1.165, 1.54) is 11.9 Å². The molecule has 0 aromatic heterocycles. The number of imide groups is 1. The number of rotatable bonds is 2. The third-order valence-corrected chi connectivity index (χ3v) is 3.05. The summed E-state index contributed by atoms with van der Waals surface area (Å²) in [6.07, 6.45) is 1.49. The average molecular weight is 235 g/mol. The quantitative estimate of drug-likeness (QED) is 0.644. The summed E-state index contributed by atoms with van der Waals surface area (Å²) in [5, 5.41) is 8.56. The van der Waals surface area contributed by atoms with Gasteiger partial charge in [0.15, 0.2) is 6.04 Å². The van der Waals surface area contributed by atoms with Crippen LogP contribution in [0.1, 0.15) is 6.42 Å². The smallest absolute Gasteiger partial charge is 0.327 e. The lowest BCUT2D eigenvalue weighted by Gasteiger charge is -2.40. The highest BCUT2D eigenvalue weighted by Gasteiger charge is 2.47. The first kappa shape index (κ1) is 11.4. The Kier molecular flexibility index (Phi) is 2.71. The molecule has 0 aromatic carbocycles. The second-order valence-corrected chi connectivity index (χ2v) is 4.06. The van der Waals surface area contributed by atoms with Gasteiger partial charge in [0.25, 0.3) is 5.91 Å². The third-order valence-electron chi connectivity index (χ3n) is 3.05. The zero-order valence-corrected chi connectivity index (χ0v) is 9.70. The van der Waals surface area contributed by atoms with Crippen LogP contribution in [0.25, 0.3) is 0 Å². The standard InChI is InChI=1S/C10H13N5O2/c1-13-8-7(9(16)14(2)10(13)17)12-6-15(8)5-3-4-11/h6-8H,3,5H2,1-2H3/t7-,8-/m0/s1. The molecule has 2 atom stereocenters. The van der Waals surface area contributed by atoms with Gasteiger partial charge in [0.05, 0.1) is 18.8 Å². The van der Waals surface area contributed by atoms with Crippen LogP contribution < -0.4 is 0 Å². The number of hydrogen-bond donors (Lipinski definition) is 0. The molecular formula is C10H13N5O2. The van der Waals surface area contributed by atoms with Crippen molar-refractivity contribution in [2.45, 2.75) is 18.6 Å². The highest BCUT2D eigenvalue weighted by atomic mass is 16.2. The van der Waals surface area contributed by atoms with Gasteiger partial charge in [-0.05, 0) is 0 Å². The lowest BCUT2D eigenvalue weighted by molar-refractivity contribution is -0.134. The summed E-state index contributed by atoms with van der Waals surface area (Å²) in [4.78, 5) is 32.1. The van der Waals surface area contributed by atoms with Crippen LogP contribution in [0.3, 0.4) is 0 Å². The van der Waals surface area contributed by atoms with Gasteiger partial charge in [-0.3, -0.25) is 14.7 Å². The summed E-state index contributed by atoms with van der Waals surface area (Å²) in [7, 11) is 3.09. The highest BCUT2D eigenvalue weighted by Crippen LogP contribution is 2.24. The second-order valence-electron chi connectivity index (χ2n) is 4.06. The molecule has 0 aliphatic carbocycles. The topological polar surface area (TPSA) is 80.0 Å². The van der Waals surface area contributed by atoms with Crippen molar-refractivity contribution in [3.05, 3.63) is 0 Å². The van der Waals surface area contributed by atoms with Crippen molar-refractivity contribution in [2.75, 3.05) is 20.6 Å². The summed E-state index contributed by atoms with van der Waals surface area (Å²) in [5.74, 6) is -0.297. The molecule has 0 aromatic rings. The molecule has 1 fully saturated rings. The Labute approximate surface area is 98.9 Å². The van der Waals surface area contributed by atoms with Crippen LogP contribution in [0.15, 0.2) is 4.99 Å². The van der Waals surface area contributed by atoms with Gasteiger partial charge in [0.2, 0.25) is 0 Å². The minimum absolute atomic E-state index is 0.297. The van der Waals surface area contributed by atoms with Gasteiger partial charge in [-0.25, -0.2) is 4.79 Å². The van der Waals surface area contributed by atoms with Crippen LogP contribution >= 0.6 is 0 Å². The largest absolute Gasteiger partial charge is 0.339 e. The Morgan fingerprint density at radius 1 is 1.47 bits per heavy atom. The Morgan fingerprint density at radius 3 is 2.82 bits per heavy atom. The van der Waals surface area contributed by atoms with Gasteiger partial charge in [0, 0.05) is 20.6 Å². The monoisotopic (exact) mass is 235 g/mol. The summed E-state index contributed by atoms with van der Waals surface area (Å²) in [6, 6.07) is 1.12. The van der Waals surface area contributed by atoms with Crippen LogP contribution in [0.2, 0.25) is 0 Å². The summed E-state index contributed by atoms with van der Waals surface area (Å²) >= 11 is 0. The van der Waals surface area contributed by atoms with E-state index in [1.54, 1.807) is 18.3 Å². The zero-order valence-electron chi connectivity index (χ0n) is 9.70. The van der Waals surface area contributed by atoms with Crippen LogP contribution in [0.5, 0.6) is 0 Å². The Morgan fingerprint density at radius 2 is 2.18 bits per heavy atom. The van der Waals surface area contributed by atoms with E-state index in [-0.39, 0.29) is 18.1 Å². The SMILES string of the molecule is CN1C(=O)[C@H]2N=CN(CCC#N)[C@@H]2N(C)C1=O. The summed E-state index contributed by atoms with van der Waals surface area (Å²) < 4.78 is 0. The number of nitriles is 1. The maximum absolute atomic E-state index is 11.9.